The number of piperidine rings is 1. The van der Waals surface area contributed by atoms with Crippen LogP contribution in [0.15, 0.2) is 59.1 Å². The number of nitrogens with one attached hydrogen (secondary N) is 1. The van der Waals surface area contributed by atoms with Gasteiger partial charge in [0.15, 0.2) is 0 Å². The monoisotopic (exact) mass is 457 g/mol. The van der Waals surface area contributed by atoms with E-state index in [9.17, 15) is 4.79 Å². The summed E-state index contributed by atoms with van der Waals surface area (Å²) in [7, 11) is 0. The number of carbonyl (C=O) groups is 1. The molecule has 1 fully saturated rings. The number of fused-ring (bicyclic) bond motifs is 1. The number of amides is 1. The van der Waals surface area contributed by atoms with E-state index < -0.39 is 0 Å². The van der Waals surface area contributed by atoms with Crippen molar-refractivity contribution < 1.29 is 9.21 Å². The second-order valence-corrected chi connectivity index (χ2v) is 8.97. The van der Waals surface area contributed by atoms with Crippen molar-refractivity contribution in [2.75, 3.05) is 13.1 Å². The number of nitrogens with zero attached hydrogens (tertiary/aromatic N) is 4. The quantitative estimate of drug-likeness (QED) is 0.420. The smallest absolute Gasteiger partial charge is 0.249 e. The topological polar surface area (TPSA) is 76.2 Å². The number of para-hydroxylation sites is 1. The Labute approximate surface area is 199 Å². The van der Waals surface area contributed by atoms with Crippen molar-refractivity contribution in [3.8, 4) is 11.5 Å². The lowest BCUT2D eigenvalue weighted by Gasteiger charge is -2.24. The molecule has 1 N–H and O–H groups in total. The Morgan fingerprint density at radius 1 is 1.00 bits per heavy atom. The van der Waals surface area contributed by atoms with Crippen molar-refractivity contribution in [2.24, 2.45) is 0 Å². The van der Waals surface area contributed by atoms with Crippen molar-refractivity contribution in [2.45, 2.75) is 52.2 Å². The number of hydrogen-bond acceptors (Lipinski definition) is 5. The molecule has 0 bridgehead atoms. The summed E-state index contributed by atoms with van der Waals surface area (Å²) in [5.74, 6) is 1.10. The summed E-state index contributed by atoms with van der Waals surface area (Å²) < 4.78 is 8.00. The van der Waals surface area contributed by atoms with E-state index in [1.165, 1.54) is 24.8 Å². The minimum atomic E-state index is -0.0387. The molecule has 7 heteroatoms. The van der Waals surface area contributed by atoms with Gasteiger partial charge in [-0.2, -0.15) is 0 Å². The molecule has 176 valence electrons. The van der Waals surface area contributed by atoms with Gasteiger partial charge in [0, 0.05) is 23.6 Å². The van der Waals surface area contributed by atoms with E-state index in [2.05, 4.69) is 51.6 Å². The standard InChI is InChI=1S/C27H31N5O2/c1-2-20-10-12-21(13-11-20)16-28-25(33)18-32-17-23(22-8-4-5-9-24(22)32)27-30-29-26(34-27)19-31-14-6-3-7-15-31/h4-5,8-13,17H,2-3,6-7,14-16,18-19H2,1H3,(H,28,33). The Morgan fingerprint density at radius 2 is 1.76 bits per heavy atom. The van der Waals surface area contributed by atoms with Crippen LogP contribution in [0.3, 0.4) is 0 Å². The molecule has 0 unspecified atom stereocenters. The van der Waals surface area contributed by atoms with Crippen molar-refractivity contribution >= 4 is 16.8 Å². The zero-order valence-electron chi connectivity index (χ0n) is 19.7. The molecule has 0 radical (unpaired) electrons. The van der Waals surface area contributed by atoms with Gasteiger partial charge in [-0.05, 0) is 49.5 Å². The molecule has 1 saturated heterocycles. The maximum Gasteiger partial charge on any atom is 0.249 e. The molecular weight excluding hydrogens is 426 g/mol. The molecule has 3 heterocycles. The Balaban J connectivity index is 1.30. The van der Waals surface area contributed by atoms with Crippen LogP contribution in [0.25, 0.3) is 22.4 Å². The molecule has 1 amide bonds. The van der Waals surface area contributed by atoms with Crippen LogP contribution in [0.5, 0.6) is 0 Å². The highest BCUT2D eigenvalue weighted by Crippen LogP contribution is 2.30. The predicted molar refractivity (Wildman–Crippen MR) is 132 cm³/mol. The lowest BCUT2D eigenvalue weighted by molar-refractivity contribution is -0.121. The second kappa shape index (κ2) is 10.2. The first-order valence-electron chi connectivity index (χ1n) is 12.2. The second-order valence-electron chi connectivity index (χ2n) is 8.97. The molecule has 0 spiro atoms. The van der Waals surface area contributed by atoms with Gasteiger partial charge in [0.25, 0.3) is 0 Å². The van der Waals surface area contributed by atoms with Gasteiger partial charge in [0.1, 0.15) is 6.54 Å². The Morgan fingerprint density at radius 3 is 2.56 bits per heavy atom. The minimum absolute atomic E-state index is 0.0387. The van der Waals surface area contributed by atoms with Crippen LogP contribution in [-0.2, 0) is 30.8 Å². The summed E-state index contributed by atoms with van der Waals surface area (Å²) in [6.07, 6.45) is 6.69. The van der Waals surface area contributed by atoms with E-state index in [4.69, 9.17) is 4.42 Å². The van der Waals surface area contributed by atoms with Gasteiger partial charge in [-0.15, -0.1) is 10.2 Å². The molecule has 5 rings (SSSR count). The average Bonchev–Trinajstić information content (AvgIpc) is 3.48. The first-order valence-corrected chi connectivity index (χ1v) is 12.2. The van der Waals surface area contributed by atoms with Gasteiger partial charge in [-0.3, -0.25) is 9.69 Å². The van der Waals surface area contributed by atoms with E-state index in [1.54, 1.807) is 0 Å². The summed E-state index contributed by atoms with van der Waals surface area (Å²) >= 11 is 0. The third-order valence-corrected chi connectivity index (χ3v) is 6.53. The van der Waals surface area contributed by atoms with Crippen molar-refractivity contribution in [3.63, 3.8) is 0 Å². The minimum Gasteiger partial charge on any atom is -0.419 e. The number of carbonyl (C=O) groups excluding carboxylic acids is 1. The highest BCUT2D eigenvalue weighted by molar-refractivity contribution is 5.94. The molecular formula is C27H31N5O2. The molecule has 34 heavy (non-hydrogen) atoms. The first-order chi connectivity index (χ1) is 16.7. The zero-order chi connectivity index (χ0) is 23.3. The third kappa shape index (κ3) is 5.04. The van der Waals surface area contributed by atoms with E-state index in [-0.39, 0.29) is 12.5 Å². The maximum atomic E-state index is 12.7. The van der Waals surface area contributed by atoms with Gasteiger partial charge in [-0.1, -0.05) is 55.8 Å². The fourth-order valence-corrected chi connectivity index (χ4v) is 4.59. The molecule has 1 aliphatic rings. The Hall–Kier alpha value is -3.45. The van der Waals surface area contributed by atoms with Gasteiger partial charge >= 0.3 is 0 Å². The van der Waals surface area contributed by atoms with Crippen LogP contribution in [0.4, 0.5) is 0 Å². The molecule has 0 aliphatic carbocycles. The molecule has 7 nitrogen and oxygen atoms in total. The number of aromatic nitrogens is 3. The van der Waals surface area contributed by atoms with E-state index in [0.717, 1.165) is 41.5 Å². The largest absolute Gasteiger partial charge is 0.419 e. The van der Waals surface area contributed by atoms with Crippen LogP contribution in [0.1, 0.15) is 43.2 Å². The summed E-state index contributed by atoms with van der Waals surface area (Å²) in [5, 5.41) is 12.6. The van der Waals surface area contributed by atoms with E-state index in [0.29, 0.717) is 24.9 Å². The summed E-state index contributed by atoms with van der Waals surface area (Å²) in [6, 6.07) is 16.4. The number of benzene rings is 2. The van der Waals surface area contributed by atoms with Crippen LogP contribution >= 0.6 is 0 Å². The van der Waals surface area contributed by atoms with Gasteiger partial charge in [-0.25, -0.2) is 0 Å². The summed E-state index contributed by atoms with van der Waals surface area (Å²) in [4.78, 5) is 15.1. The SMILES string of the molecule is CCc1ccc(CNC(=O)Cn2cc(-c3nnc(CN4CCCCC4)o3)c3ccccc32)cc1. The predicted octanol–water partition coefficient (Wildman–Crippen LogP) is 4.56. The van der Waals surface area contributed by atoms with Crippen LogP contribution in [0.2, 0.25) is 0 Å². The molecule has 4 aromatic rings. The number of hydrogen-bond donors (Lipinski definition) is 1. The van der Waals surface area contributed by atoms with Crippen molar-refractivity contribution in [1.82, 2.24) is 25.0 Å². The lowest BCUT2D eigenvalue weighted by atomic mass is 10.1. The van der Waals surface area contributed by atoms with Crippen molar-refractivity contribution in [3.05, 3.63) is 71.7 Å². The normalized spacial score (nSPS) is 14.5. The number of aryl methyl sites for hydroxylation is 1. The Bertz CT molecular complexity index is 1250. The van der Waals surface area contributed by atoms with Crippen LogP contribution in [-0.4, -0.2) is 38.7 Å². The molecule has 1 aliphatic heterocycles. The van der Waals surface area contributed by atoms with Crippen LogP contribution < -0.4 is 5.32 Å². The average molecular weight is 458 g/mol. The van der Waals surface area contributed by atoms with E-state index in [1.807, 2.05) is 35.0 Å². The highest BCUT2D eigenvalue weighted by Gasteiger charge is 2.19. The molecule has 0 saturated carbocycles. The maximum absolute atomic E-state index is 12.7. The summed E-state index contributed by atoms with van der Waals surface area (Å²) in [5.41, 5.74) is 4.21. The van der Waals surface area contributed by atoms with Gasteiger partial charge in [0.05, 0.1) is 12.1 Å². The van der Waals surface area contributed by atoms with Crippen LogP contribution in [0, 0.1) is 0 Å². The van der Waals surface area contributed by atoms with Gasteiger partial charge < -0.3 is 14.3 Å². The lowest BCUT2D eigenvalue weighted by Crippen LogP contribution is -2.29. The zero-order valence-corrected chi connectivity index (χ0v) is 19.7. The highest BCUT2D eigenvalue weighted by atomic mass is 16.4. The number of likely N-dealkylation sites (tertiary alicyclic amines) is 1. The fraction of sp³-hybridized carbons (Fsp3) is 0.370. The third-order valence-electron chi connectivity index (χ3n) is 6.53. The summed E-state index contributed by atoms with van der Waals surface area (Å²) in [6.45, 7) is 5.72. The Kier molecular flexibility index (Phi) is 6.72. The molecule has 2 aromatic heterocycles. The molecule has 2 aromatic carbocycles. The fourth-order valence-electron chi connectivity index (χ4n) is 4.59. The van der Waals surface area contributed by atoms with E-state index >= 15 is 0 Å². The van der Waals surface area contributed by atoms with Gasteiger partial charge in [0.2, 0.25) is 17.7 Å². The molecule has 0 atom stereocenters. The first kappa shape index (κ1) is 22.3. The van der Waals surface area contributed by atoms with Crippen molar-refractivity contribution in [1.29, 1.82) is 0 Å². The number of rotatable bonds is 8.